The Morgan fingerprint density at radius 1 is 1.00 bits per heavy atom. The van der Waals surface area contributed by atoms with Crippen molar-refractivity contribution in [2.45, 2.75) is 26.3 Å². The highest BCUT2D eigenvalue weighted by atomic mass is 32.2. The van der Waals surface area contributed by atoms with E-state index in [2.05, 4.69) is 41.4 Å². The van der Waals surface area contributed by atoms with Crippen LogP contribution in [0.25, 0.3) is 33.5 Å². The van der Waals surface area contributed by atoms with E-state index in [1.54, 1.807) is 24.4 Å². The van der Waals surface area contributed by atoms with Crippen LogP contribution in [0.15, 0.2) is 83.9 Å². The van der Waals surface area contributed by atoms with Crippen LogP contribution in [-0.2, 0) is 11.3 Å². The number of nitrogens with two attached hydrogens (primary N) is 1. The summed E-state index contributed by atoms with van der Waals surface area (Å²) in [5.41, 5.74) is 11.2. The van der Waals surface area contributed by atoms with Crippen LogP contribution in [0.2, 0.25) is 0 Å². The number of hydrogen-bond acceptors (Lipinski definition) is 7. The van der Waals surface area contributed by atoms with Crippen molar-refractivity contribution >= 4 is 34.7 Å². The molecule has 1 amide bonds. The molecule has 9 heteroatoms. The van der Waals surface area contributed by atoms with Crippen molar-refractivity contribution in [2.24, 2.45) is 11.7 Å². The number of likely N-dealkylation sites (tertiary alicyclic amines) is 1. The smallest absolute Gasteiger partial charge is 0.335 e. The molecule has 0 radical (unpaired) electrons. The van der Waals surface area contributed by atoms with Gasteiger partial charge in [-0.15, -0.1) is 0 Å². The van der Waals surface area contributed by atoms with E-state index in [0.29, 0.717) is 15.9 Å². The molecule has 0 unspecified atom stereocenters. The fourth-order valence-corrected chi connectivity index (χ4v) is 5.67. The third kappa shape index (κ3) is 6.93. The van der Waals surface area contributed by atoms with Crippen LogP contribution in [0.3, 0.4) is 0 Å². The molecule has 6 rings (SSSR count). The fraction of sp³-hybridized carbons (Fsp3) is 0.250. The quantitative estimate of drug-likeness (QED) is 0.268. The lowest BCUT2D eigenvalue weighted by molar-refractivity contribution is -0.113. The molecule has 3 heterocycles. The number of carbonyl (C=O) groups is 2. The predicted octanol–water partition coefficient (Wildman–Crippen LogP) is 5.50. The van der Waals surface area contributed by atoms with Crippen LogP contribution < -0.4 is 11.1 Å². The number of fused-ring (bicyclic) bond motifs is 1. The van der Waals surface area contributed by atoms with E-state index >= 15 is 0 Å². The summed E-state index contributed by atoms with van der Waals surface area (Å²) in [6.07, 6.45) is 4.19. The van der Waals surface area contributed by atoms with E-state index in [1.807, 2.05) is 30.3 Å². The first-order valence-corrected chi connectivity index (χ1v) is 14.7. The first-order valence-electron chi connectivity index (χ1n) is 13.7. The number of amides is 1. The molecule has 8 nitrogen and oxygen atoms in total. The number of carboxylic acids is 1. The molecular weight excluding hydrogens is 534 g/mol. The molecular formula is C32H33N5O3S. The number of benzene rings is 3. The zero-order valence-corrected chi connectivity index (χ0v) is 23.7. The van der Waals surface area contributed by atoms with Crippen molar-refractivity contribution in [3.05, 3.63) is 95.0 Å². The lowest BCUT2D eigenvalue weighted by Gasteiger charge is -2.16. The summed E-state index contributed by atoms with van der Waals surface area (Å²) in [4.78, 5) is 34.6. The highest BCUT2D eigenvalue weighted by molar-refractivity contribution is 8.04. The maximum absolute atomic E-state index is 11.4. The van der Waals surface area contributed by atoms with Crippen LogP contribution in [0, 0.1) is 5.92 Å². The SMILES string of the molecule is CC[C@@H]1CCN(Cc2ccc(-c3nc4ccc(C(=O)O)cc4nc3-c3ccccc3)cc2)C1.NC(=O)C1=CNCS1. The van der Waals surface area contributed by atoms with E-state index in [4.69, 9.17) is 15.7 Å². The van der Waals surface area contributed by atoms with Gasteiger partial charge in [0.05, 0.1) is 38.8 Å². The molecule has 0 saturated carbocycles. The minimum Gasteiger partial charge on any atom is -0.478 e. The van der Waals surface area contributed by atoms with Crippen molar-refractivity contribution in [3.8, 4) is 22.5 Å². The van der Waals surface area contributed by atoms with Gasteiger partial charge in [0.2, 0.25) is 0 Å². The Kier molecular flexibility index (Phi) is 8.96. The first-order chi connectivity index (χ1) is 19.9. The zero-order valence-electron chi connectivity index (χ0n) is 22.9. The van der Waals surface area contributed by atoms with Gasteiger partial charge >= 0.3 is 5.97 Å². The van der Waals surface area contributed by atoms with Crippen LogP contribution >= 0.6 is 11.8 Å². The largest absolute Gasteiger partial charge is 0.478 e. The number of rotatable bonds is 7. The fourth-order valence-electron chi connectivity index (χ4n) is 5.04. The van der Waals surface area contributed by atoms with E-state index in [-0.39, 0.29) is 11.5 Å². The van der Waals surface area contributed by atoms with Gasteiger partial charge in [0, 0.05) is 30.4 Å². The Bertz CT molecular complexity index is 1570. The Hall–Kier alpha value is -4.21. The standard InChI is InChI=1S/C28H27N3O2.C4H6N2OS/c1-2-19-14-15-31(17-19)18-20-8-10-22(11-9-20)27-26(21-6-4-3-5-7-21)30-25-16-23(28(32)33)12-13-24(25)29-27;5-4(7)3-1-6-2-8-3/h3-13,16,19H,2,14-15,17-18H2,1H3,(H,32,33);1,6H,2H2,(H2,5,7)/t19-;/m1./s1. The molecule has 3 aromatic carbocycles. The van der Waals surface area contributed by atoms with Crippen LogP contribution in [0.1, 0.15) is 35.7 Å². The summed E-state index contributed by atoms with van der Waals surface area (Å²) >= 11 is 1.43. The second kappa shape index (κ2) is 13.0. The van der Waals surface area contributed by atoms with Gasteiger partial charge in [0.25, 0.3) is 5.91 Å². The number of aromatic nitrogens is 2. The molecule has 2 aliphatic heterocycles. The lowest BCUT2D eigenvalue weighted by atomic mass is 10.0. The van der Waals surface area contributed by atoms with Crippen molar-refractivity contribution in [1.82, 2.24) is 20.2 Å². The summed E-state index contributed by atoms with van der Waals surface area (Å²) in [5, 5.41) is 12.2. The average Bonchev–Trinajstić information content (AvgIpc) is 3.70. The molecule has 4 N–H and O–H groups in total. The van der Waals surface area contributed by atoms with Crippen LogP contribution in [0.4, 0.5) is 0 Å². The van der Waals surface area contributed by atoms with Crippen molar-refractivity contribution < 1.29 is 14.7 Å². The highest BCUT2D eigenvalue weighted by Crippen LogP contribution is 2.32. The predicted molar refractivity (Wildman–Crippen MR) is 164 cm³/mol. The molecule has 1 atom stereocenters. The van der Waals surface area contributed by atoms with E-state index in [9.17, 15) is 14.7 Å². The molecule has 1 saturated heterocycles. The summed E-state index contributed by atoms with van der Waals surface area (Å²) in [6, 6.07) is 23.4. The summed E-state index contributed by atoms with van der Waals surface area (Å²) in [7, 11) is 0. The van der Waals surface area contributed by atoms with Crippen molar-refractivity contribution in [2.75, 3.05) is 19.0 Å². The maximum atomic E-state index is 11.4. The second-order valence-electron chi connectivity index (χ2n) is 10.2. The zero-order chi connectivity index (χ0) is 28.8. The molecule has 1 aromatic heterocycles. The molecule has 210 valence electrons. The summed E-state index contributed by atoms with van der Waals surface area (Å²) < 4.78 is 0. The minimum absolute atomic E-state index is 0.208. The Balaban J connectivity index is 0.000000365. The molecule has 0 aliphatic carbocycles. The van der Waals surface area contributed by atoms with Gasteiger partial charge in [-0.05, 0) is 42.6 Å². The molecule has 2 aliphatic rings. The van der Waals surface area contributed by atoms with Crippen molar-refractivity contribution in [3.63, 3.8) is 0 Å². The molecule has 4 aromatic rings. The third-order valence-electron chi connectivity index (χ3n) is 7.33. The van der Waals surface area contributed by atoms with Gasteiger partial charge in [0.15, 0.2) is 0 Å². The number of aromatic carboxylic acids is 1. The third-order valence-corrected chi connectivity index (χ3v) is 8.27. The van der Waals surface area contributed by atoms with Gasteiger partial charge in [0.1, 0.15) is 0 Å². The normalized spacial score (nSPS) is 16.5. The number of carbonyl (C=O) groups excluding carboxylic acids is 1. The maximum Gasteiger partial charge on any atom is 0.335 e. The Morgan fingerprint density at radius 2 is 1.71 bits per heavy atom. The summed E-state index contributed by atoms with van der Waals surface area (Å²) in [6.45, 7) is 5.61. The monoisotopic (exact) mass is 567 g/mol. The number of thioether (sulfide) groups is 1. The number of hydrogen-bond donors (Lipinski definition) is 3. The van der Waals surface area contributed by atoms with Crippen molar-refractivity contribution in [1.29, 1.82) is 0 Å². The van der Waals surface area contributed by atoms with Crippen LogP contribution in [0.5, 0.6) is 0 Å². The highest BCUT2D eigenvalue weighted by Gasteiger charge is 2.21. The summed E-state index contributed by atoms with van der Waals surface area (Å²) in [5.74, 6) is 0.272. The Morgan fingerprint density at radius 3 is 2.29 bits per heavy atom. The van der Waals surface area contributed by atoms with Gasteiger partial charge in [-0.2, -0.15) is 0 Å². The van der Waals surface area contributed by atoms with Gasteiger partial charge < -0.3 is 16.2 Å². The average molecular weight is 568 g/mol. The second-order valence-corrected chi connectivity index (χ2v) is 11.2. The molecule has 1 fully saturated rings. The molecule has 0 bridgehead atoms. The molecule has 0 spiro atoms. The minimum atomic E-state index is -0.970. The number of carboxylic acid groups (broad SMARTS) is 1. The molecule has 41 heavy (non-hydrogen) atoms. The van der Waals surface area contributed by atoms with E-state index in [0.717, 1.165) is 40.9 Å². The number of nitrogens with one attached hydrogen (secondary N) is 1. The number of primary amides is 1. The Labute approximate surface area is 243 Å². The number of nitrogens with zero attached hydrogens (tertiary/aromatic N) is 3. The first kappa shape index (κ1) is 28.3. The lowest BCUT2D eigenvalue weighted by Crippen LogP contribution is -2.19. The van der Waals surface area contributed by atoms with E-state index in [1.165, 1.54) is 43.3 Å². The van der Waals surface area contributed by atoms with Crippen LogP contribution in [-0.4, -0.2) is 50.8 Å². The van der Waals surface area contributed by atoms with E-state index < -0.39 is 5.97 Å². The topological polar surface area (TPSA) is 121 Å². The van der Waals surface area contributed by atoms with Gasteiger partial charge in [-0.25, -0.2) is 14.8 Å². The van der Waals surface area contributed by atoms with Gasteiger partial charge in [-0.1, -0.05) is 79.7 Å². The van der Waals surface area contributed by atoms with Gasteiger partial charge in [-0.3, -0.25) is 9.69 Å².